The number of hydrogen-bond acceptors (Lipinski definition) is 3. The second-order valence-electron chi connectivity index (χ2n) is 4.99. The second-order valence-corrected chi connectivity index (χ2v) is 6.22. The molecule has 7 heteroatoms. The highest BCUT2D eigenvalue weighted by atomic mass is 35.5. The van der Waals surface area contributed by atoms with Crippen molar-refractivity contribution in [2.24, 2.45) is 0 Å². The van der Waals surface area contributed by atoms with Crippen LogP contribution in [0.4, 0.5) is 0 Å². The van der Waals surface area contributed by atoms with Gasteiger partial charge >= 0.3 is 0 Å². The molecule has 2 amide bonds. The van der Waals surface area contributed by atoms with Gasteiger partial charge in [0.05, 0.1) is 29.9 Å². The number of halogens is 3. The number of rotatable bonds is 5. The van der Waals surface area contributed by atoms with Crippen LogP contribution in [0.25, 0.3) is 5.57 Å². The minimum atomic E-state index is -0.542. The molecule has 0 saturated heterocycles. The fourth-order valence-corrected chi connectivity index (χ4v) is 2.84. The van der Waals surface area contributed by atoms with Crippen molar-refractivity contribution in [2.75, 3.05) is 13.2 Å². The van der Waals surface area contributed by atoms with Crippen LogP contribution in [-0.4, -0.2) is 36.0 Å². The molecule has 4 nitrogen and oxygen atoms in total. The molecular weight excluding hydrogens is 349 g/mol. The van der Waals surface area contributed by atoms with Crippen LogP contribution in [0.3, 0.4) is 0 Å². The molecule has 0 unspecified atom stereocenters. The molecule has 118 valence electrons. The molecule has 2 rings (SSSR count). The second kappa shape index (κ2) is 7.01. The van der Waals surface area contributed by atoms with Crippen LogP contribution in [0.5, 0.6) is 0 Å². The van der Waals surface area contributed by atoms with Crippen molar-refractivity contribution in [1.82, 2.24) is 4.90 Å². The lowest BCUT2D eigenvalue weighted by atomic mass is 10.1. The molecule has 0 saturated carbocycles. The number of ether oxygens (including phenoxy) is 1. The van der Waals surface area contributed by atoms with Gasteiger partial charge in [-0.2, -0.15) is 0 Å². The van der Waals surface area contributed by atoms with Crippen LogP contribution >= 0.6 is 34.8 Å². The third-order valence-corrected chi connectivity index (χ3v) is 3.98. The number of amides is 2. The smallest absolute Gasteiger partial charge is 0.273 e. The predicted octanol–water partition coefficient (Wildman–Crippen LogP) is 3.74. The van der Waals surface area contributed by atoms with E-state index < -0.39 is 11.8 Å². The lowest BCUT2D eigenvalue weighted by Gasteiger charge is -2.16. The monoisotopic (exact) mass is 361 g/mol. The summed E-state index contributed by atoms with van der Waals surface area (Å²) >= 11 is 18.0. The Morgan fingerprint density at radius 3 is 2.41 bits per heavy atom. The van der Waals surface area contributed by atoms with Crippen LogP contribution in [0, 0.1) is 0 Å². The highest BCUT2D eigenvalue weighted by molar-refractivity contribution is 6.55. The average Bonchev–Trinajstić information content (AvgIpc) is 2.63. The third-order valence-electron chi connectivity index (χ3n) is 3.08. The van der Waals surface area contributed by atoms with Crippen molar-refractivity contribution in [1.29, 1.82) is 0 Å². The molecule has 0 aromatic heterocycles. The molecule has 0 atom stereocenters. The van der Waals surface area contributed by atoms with E-state index in [-0.39, 0.29) is 34.9 Å². The molecule has 0 aliphatic carbocycles. The van der Waals surface area contributed by atoms with Gasteiger partial charge in [0.25, 0.3) is 11.8 Å². The standard InChI is InChI=1S/C15H14Cl3NO3/c1-8(2)22-6-5-19-14(20)12(13(18)15(19)21)10-4-3-9(16)7-11(10)17/h3-4,7-8H,5-6H2,1-2H3. The zero-order valence-electron chi connectivity index (χ0n) is 12.0. The summed E-state index contributed by atoms with van der Waals surface area (Å²) in [6, 6.07) is 4.65. The largest absolute Gasteiger partial charge is 0.377 e. The first-order chi connectivity index (χ1) is 10.3. The molecule has 1 aromatic carbocycles. The first kappa shape index (κ1) is 17.3. The number of carbonyl (C=O) groups is 2. The Morgan fingerprint density at radius 1 is 1.14 bits per heavy atom. The SMILES string of the molecule is CC(C)OCCN1C(=O)C(Cl)=C(c2ccc(Cl)cc2Cl)C1=O. The molecule has 1 aromatic rings. The summed E-state index contributed by atoms with van der Waals surface area (Å²) in [5.74, 6) is -1.02. The van der Waals surface area contributed by atoms with Gasteiger partial charge in [0.15, 0.2) is 0 Å². The Kier molecular flexibility index (Phi) is 5.50. The van der Waals surface area contributed by atoms with Gasteiger partial charge in [0.2, 0.25) is 0 Å². The van der Waals surface area contributed by atoms with E-state index in [2.05, 4.69) is 0 Å². The fraction of sp³-hybridized carbons (Fsp3) is 0.333. The number of carbonyl (C=O) groups excluding carboxylic acids is 2. The molecule has 1 heterocycles. The van der Waals surface area contributed by atoms with Crippen LogP contribution < -0.4 is 0 Å². The highest BCUT2D eigenvalue weighted by Gasteiger charge is 2.38. The maximum Gasteiger partial charge on any atom is 0.273 e. The topological polar surface area (TPSA) is 46.6 Å². The van der Waals surface area contributed by atoms with E-state index in [0.29, 0.717) is 10.6 Å². The summed E-state index contributed by atoms with van der Waals surface area (Å²) in [5, 5.41) is 0.560. The van der Waals surface area contributed by atoms with Crippen LogP contribution in [0.1, 0.15) is 19.4 Å². The van der Waals surface area contributed by atoms with Crippen molar-refractivity contribution < 1.29 is 14.3 Å². The molecule has 0 N–H and O–H groups in total. The van der Waals surface area contributed by atoms with Gasteiger partial charge in [-0.3, -0.25) is 14.5 Å². The van der Waals surface area contributed by atoms with Gasteiger partial charge in [-0.25, -0.2) is 0 Å². The number of hydrogen-bond donors (Lipinski definition) is 0. The first-order valence-electron chi connectivity index (χ1n) is 6.66. The fourth-order valence-electron chi connectivity index (χ4n) is 2.05. The van der Waals surface area contributed by atoms with E-state index in [9.17, 15) is 9.59 Å². The predicted molar refractivity (Wildman–Crippen MR) is 87.0 cm³/mol. The Morgan fingerprint density at radius 2 is 1.82 bits per heavy atom. The summed E-state index contributed by atoms with van der Waals surface area (Å²) in [4.78, 5) is 25.7. The first-order valence-corrected chi connectivity index (χ1v) is 7.79. The minimum absolute atomic E-state index is 0.0152. The van der Waals surface area contributed by atoms with Crippen LogP contribution in [0.15, 0.2) is 23.2 Å². The van der Waals surface area contributed by atoms with Gasteiger partial charge in [-0.05, 0) is 26.0 Å². The van der Waals surface area contributed by atoms with Crippen molar-refractivity contribution in [3.63, 3.8) is 0 Å². The zero-order valence-corrected chi connectivity index (χ0v) is 14.3. The van der Waals surface area contributed by atoms with Crippen LogP contribution in [0.2, 0.25) is 10.0 Å². The van der Waals surface area contributed by atoms with E-state index in [0.717, 1.165) is 4.90 Å². The summed E-state index contributed by atoms with van der Waals surface area (Å²) in [6.07, 6.45) is 0.0152. The van der Waals surface area contributed by atoms with Gasteiger partial charge in [-0.15, -0.1) is 0 Å². The molecule has 0 bridgehead atoms. The summed E-state index contributed by atoms with van der Waals surface area (Å²) in [5.41, 5.74) is 0.486. The zero-order chi connectivity index (χ0) is 16.4. The number of benzene rings is 1. The summed E-state index contributed by atoms with van der Waals surface area (Å²) in [7, 11) is 0. The summed E-state index contributed by atoms with van der Waals surface area (Å²) in [6.45, 7) is 4.14. The van der Waals surface area contributed by atoms with E-state index in [4.69, 9.17) is 39.5 Å². The Balaban J connectivity index is 2.25. The Bertz CT molecular complexity index is 655. The average molecular weight is 363 g/mol. The number of imide groups is 1. The quantitative estimate of drug-likeness (QED) is 0.750. The molecular formula is C15H14Cl3NO3. The number of nitrogens with zero attached hydrogens (tertiary/aromatic N) is 1. The third kappa shape index (κ3) is 3.46. The normalized spacial score (nSPS) is 15.5. The molecule has 0 radical (unpaired) electrons. The molecule has 1 aliphatic heterocycles. The van der Waals surface area contributed by atoms with Crippen molar-refractivity contribution in [3.05, 3.63) is 38.8 Å². The lowest BCUT2D eigenvalue weighted by Crippen LogP contribution is -2.34. The summed E-state index contributed by atoms with van der Waals surface area (Å²) < 4.78 is 5.36. The van der Waals surface area contributed by atoms with E-state index in [1.807, 2.05) is 13.8 Å². The molecule has 0 spiro atoms. The lowest BCUT2D eigenvalue weighted by molar-refractivity contribution is -0.137. The van der Waals surface area contributed by atoms with Gasteiger partial charge < -0.3 is 4.74 Å². The molecule has 0 fully saturated rings. The molecule has 1 aliphatic rings. The van der Waals surface area contributed by atoms with E-state index in [1.54, 1.807) is 12.1 Å². The van der Waals surface area contributed by atoms with Crippen molar-refractivity contribution in [3.8, 4) is 0 Å². The van der Waals surface area contributed by atoms with Gasteiger partial charge in [0, 0.05) is 10.6 Å². The van der Waals surface area contributed by atoms with Crippen molar-refractivity contribution in [2.45, 2.75) is 20.0 Å². The Hall–Kier alpha value is -1.07. The van der Waals surface area contributed by atoms with Crippen LogP contribution in [-0.2, 0) is 14.3 Å². The maximum atomic E-state index is 12.5. The minimum Gasteiger partial charge on any atom is -0.377 e. The van der Waals surface area contributed by atoms with Gasteiger partial charge in [0.1, 0.15) is 5.03 Å². The molecule has 22 heavy (non-hydrogen) atoms. The van der Waals surface area contributed by atoms with E-state index >= 15 is 0 Å². The highest BCUT2D eigenvalue weighted by Crippen LogP contribution is 2.36. The Labute approximate surface area is 143 Å². The van der Waals surface area contributed by atoms with E-state index in [1.165, 1.54) is 6.07 Å². The maximum absolute atomic E-state index is 12.5. The van der Waals surface area contributed by atoms with Gasteiger partial charge in [-0.1, -0.05) is 40.9 Å². The van der Waals surface area contributed by atoms with Crippen molar-refractivity contribution >= 4 is 52.2 Å².